The minimum absolute atomic E-state index is 0.239. The molecule has 1 aromatic rings. The first kappa shape index (κ1) is 14.8. The Morgan fingerprint density at radius 3 is 2.85 bits per heavy atom. The first-order chi connectivity index (χ1) is 9.35. The summed E-state index contributed by atoms with van der Waals surface area (Å²) in [6.45, 7) is 5.74. The molecule has 1 aliphatic heterocycles. The number of halogens is 1. The quantitative estimate of drug-likeness (QED) is 0.856. The number of hydrogen-bond donors (Lipinski definition) is 1. The molecular formula is C14H16BrNO4. The zero-order chi connectivity index (χ0) is 14.9. The molecule has 0 atom stereocenters. The Kier molecular flexibility index (Phi) is 4.04. The van der Waals surface area contributed by atoms with Gasteiger partial charge in [0.2, 0.25) is 0 Å². The van der Waals surface area contributed by atoms with E-state index in [-0.39, 0.29) is 5.97 Å². The summed E-state index contributed by atoms with van der Waals surface area (Å²) in [5.41, 5.74) is 0.588. The van der Waals surface area contributed by atoms with Crippen molar-refractivity contribution in [3.8, 4) is 0 Å². The first-order valence-electron chi connectivity index (χ1n) is 6.32. The molecule has 0 spiro atoms. The van der Waals surface area contributed by atoms with E-state index >= 15 is 0 Å². The molecular weight excluding hydrogens is 326 g/mol. The summed E-state index contributed by atoms with van der Waals surface area (Å²) >= 11 is 3.36. The highest BCUT2D eigenvalue weighted by Crippen LogP contribution is 2.37. The number of ether oxygens (including phenoxy) is 2. The fraction of sp³-hybridized carbons (Fsp3) is 0.429. The van der Waals surface area contributed by atoms with Crippen LogP contribution < -0.4 is 0 Å². The highest BCUT2D eigenvalue weighted by molar-refractivity contribution is 9.10. The molecule has 0 aliphatic carbocycles. The van der Waals surface area contributed by atoms with Crippen molar-refractivity contribution in [2.45, 2.75) is 27.2 Å². The number of hydrogen-bond acceptors (Lipinski definition) is 4. The number of nitrogens with one attached hydrogen (secondary N) is 1. The number of allylic oxidation sites excluding steroid dienone is 1. The molecule has 0 bridgehead atoms. The summed E-state index contributed by atoms with van der Waals surface area (Å²) in [6, 6.07) is 0. The van der Waals surface area contributed by atoms with Gasteiger partial charge in [0.05, 0.1) is 27.8 Å². The van der Waals surface area contributed by atoms with Gasteiger partial charge in [-0.2, -0.15) is 0 Å². The Bertz CT molecular complexity index is 586. The van der Waals surface area contributed by atoms with Gasteiger partial charge in [-0.25, -0.2) is 4.79 Å². The number of rotatable bonds is 3. The fourth-order valence-corrected chi connectivity index (χ4v) is 2.43. The predicted molar refractivity (Wildman–Crippen MR) is 76.9 cm³/mol. The van der Waals surface area contributed by atoms with Crippen LogP contribution in [-0.4, -0.2) is 23.5 Å². The average Bonchev–Trinajstić information content (AvgIpc) is 2.82. The van der Waals surface area contributed by atoms with Gasteiger partial charge in [-0.1, -0.05) is 0 Å². The maximum atomic E-state index is 11.7. The van der Waals surface area contributed by atoms with Crippen LogP contribution in [0, 0.1) is 5.41 Å². The smallest absolute Gasteiger partial charge is 0.340 e. The number of aromatic amines is 1. The maximum absolute atomic E-state index is 11.7. The molecule has 1 saturated heterocycles. The molecule has 2 heterocycles. The Morgan fingerprint density at radius 2 is 2.30 bits per heavy atom. The van der Waals surface area contributed by atoms with Gasteiger partial charge in [-0.3, -0.25) is 4.79 Å². The topological polar surface area (TPSA) is 68.4 Å². The summed E-state index contributed by atoms with van der Waals surface area (Å²) in [7, 11) is 0. The highest BCUT2D eigenvalue weighted by Gasteiger charge is 2.38. The molecule has 1 N–H and O–H groups in total. The van der Waals surface area contributed by atoms with Gasteiger partial charge in [-0.05, 0) is 36.7 Å². The minimum Gasteiger partial charge on any atom is -0.462 e. The maximum Gasteiger partial charge on any atom is 0.340 e. The number of carbonyl (C=O) groups excluding carboxylic acids is 2. The van der Waals surface area contributed by atoms with Crippen LogP contribution in [0.4, 0.5) is 0 Å². The van der Waals surface area contributed by atoms with Crippen LogP contribution in [0.15, 0.2) is 16.4 Å². The Balaban J connectivity index is 2.24. The number of H-pyrrole nitrogens is 1. The zero-order valence-corrected chi connectivity index (χ0v) is 13.2. The molecule has 20 heavy (non-hydrogen) atoms. The van der Waals surface area contributed by atoms with Crippen molar-refractivity contribution in [2.75, 3.05) is 6.61 Å². The van der Waals surface area contributed by atoms with Crippen molar-refractivity contribution in [3.63, 3.8) is 0 Å². The van der Waals surface area contributed by atoms with E-state index in [1.165, 1.54) is 0 Å². The second kappa shape index (κ2) is 5.44. The van der Waals surface area contributed by atoms with Crippen LogP contribution in [0.2, 0.25) is 0 Å². The summed E-state index contributed by atoms with van der Waals surface area (Å²) in [5.74, 6) is -0.0565. The van der Waals surface area contributed by atoms with Crippen molar-refractivity contribution in [1.82, 2.24) is 4.98 Å². The molecule has 5 nitrogen and oxygen atoms in total. The molecule has 1 aliphatic rings. The Hall–Kier alpha value is -1.56. The number of esters is 2. The molecule has 1 aromatic heterocycles. The van der Waals surface area contributed by atoms with Crippen molar-refractivity contribution in [1.29, 1.82) is 0 Å². The molecule has 0 saturated carbocycles. The van der Waals surface area contributed by atoms with Crippen LogP contribution in [0.1, 0.15) is 43.2 Å². The first-order valence-corrected chi connectivity index (χ1v) is 7.11. The van der Waals surface area contributed by atoms with E-state index in [1.54, 1.807) is 19.2 Å². The van der Waals surface area contributed by atoms with Crippen LogP contribution >= 0.6 is 15.9 Å². The number of carbonyl (C=O) groups is 2. The van der Waals surface area contributed by atoms with Gasteiger partial charge in [0.1, 0.15) is 5.76 Å². The van der Waals surface area contributed by atoms with E-state index in [9.17, 15) is 9.59 Å². The van der Waals surface area contributed by atoms with E-state index in [1.807, 2.05) is 13.8 Å². The van der Waals surface area contributed by atoms with Crippen molar-refractivity contribution in [3.05, 3.63) is 27.7 Å². The lowest BCUT2D eigenvalue weighted by Gasteiger charge is -2.07. The third-order valence-electron chi connectivity index (χ3n) is 3.04. The molecule has 2 rings (SSSR count). The fourth-order valence-electron chi connectivity index (χ4n) is 1.93. The van der Waals surface area contributed by atoms with E-state index in [0.29, 0.717) is 34.5 Å². The second-order valence-electron chi connectivity index (χ2n) is 5.21. The van der Waals surface area contributed by atoms with Crippen LogP contribution in [0.5, 0.6) is 0 Å². The lowest BCUT2D eigenvalue weighted by molar-refractivity contribution is -0.142. The molecule has 108 valence electrons. The van der Waals surface area contributed by atoms with Gasteiger partial charge < -0.3 is 14.5 Å². The van der Waals surface area contributed by atoms with Crippen molar-refractivity contribution in [2.24, 2.45) is 5.41 Å². The molecule has 0 aromatic carbocycles. The van der Waals surface area contributed by atoms with E-state index in [2.05, 4.69) is 20.9 Å². The summed E-state index contributed by atoms with van der Waals surface area (Å²) < 4.78 is 10.8. The summed E-state index contributed by atoms with van der Waals surface area (Å²) in [6.07, 6.45) is 3.82. The third-order valence-corrected chi connectivity index (χ3v) is 3.89. The van der Waals surface area contributed by atoms with Crippen LogP contribution in [0.3, 0.4) is 0 Å². The van der Waals surface area contributed by atoms with Gasteiger partial charge in [0.15, 0.2) is 0 Å². The van der Waals surface area contributed by atoms with Crippen LogP contribution in [-0.2, 0) is 14.3 Å². The molecule has 0 radical (unpaired) electrons. The average molecular weight is 342 g/mol. The molecule has 1 fully saturated rings. The molecule has 0 amide bonds. The minimum atomic E-state index is -0.505. The van der Waals surface area contributed by atoms with E-state index < -0.39 is 11.4 Å². The highest BCUT2D eigenvalue weighted by atomic mass is 79.9. The van der Waals surface area contributed by atoms with Gasteiger partial charge in [0.25, 0.3) is 0 Å². The predicted octanol–water partition coefficient (Wildman–Crippen LogP) is 3.27. The normalized spacial score (nSPS) is 19.2. The second-order valence-corrected chi connectivity index (χ2v) is 6.00. The van der Waals surface area contributed by atoms with Crippen molar-refractivity contribution >= 4 is 33.9 Å². The largest absolute Gasteiger partial charge is 0.462 e. The zero-order valence-electron chi connectivity index (χ0n) is 11.6. The Morgan fingerprint density at radius 1 is 1.60 bits per heavy atom. The van der Waals surface area contributed by atoms with Crippen molar-refractivity contribution < 1.29 is 19.1 Å². The van der Waals surface area contributed by atoms with Gasteiger partial charge in [-0.15, -0.1) is 0 Å². The number of cyclic esters (lactones) is 1. The number of aromatic nitrogens is 1. The van der Waals surface area contributed by atoms with Gasteiger partial charge in [0, 0.05) is 18.7 Å². The summed E-state index contributed by atoms with van der Waals surface area (Å²) in [5, 5.41) is 0. The van der Waals surface area contributed by atoms with Crippen LogP contribution in [0.25, 0.3) is 6.08 Å². The third kappa shape index (κ3) is 2.80. The monoisotopic (exact) mass is 341 g/mol. The van der Waals surface area contributed by atoms with Gasteiger partial charge >= 0.3 is 11.9 Å². The molecule has 0 unspecified atom stereocenters. The lowest BCUT2D eigenvalue weighted by Crippen LogP contribution is -2.16. The SMILES string of the molecule is CCOC(=O)c1c[nH]c(/C=C2\CC(C)(C)C(=O)O2)c1Br. The summed E-state index contributed by atoms with van der Waals surface area (Å²) in [4.78, 5) is 26.3. The lowest BCUT2D eigenvalue weighted by atomic mass is 9.91. The standard InChI is InChI=1S/C14H16BrNO4/c1-4-19-12(17)9-7-16-10(11(9)15)5-8-6-14(2,3)13(18)20-8/h5,7,16H,4,6H2,1-3H3/b8-5+. The Labute approximate surface area is 125 Å². The molecule has 6 heteroatoms. The van der Waals surface area contributed by atoms with E-state index in [0.717, 1.165) is 0 Å². The van der Waals surface area contributed by atoms with E-state index in [4.69, 9.17) is 9.47 Å².